The molecule has 2 rings (SSSR count). The van der Waals surface area contributed by atoms with Crippen molar-refractivity contribution in [1.29, 1.82) is 0 Å². The molecule has 2 saturated heterocycles. The highest BCUT2D eigenvalue weighted by atomic mass is 15.3. The molecule has 2 unspecified atom stereocenters. The van der Waals surface area contributed by atoms with Crippen molar-refractivity contribution in [1.82, 2.24) is 15.1 Å². The highest BCUT2D eigenvalue weighted by molar-refractivity contribution is 4.85. The molecule has 2 aliphatic rings. The lowest BCUT2D eigenvalue weighted by Crippen LogP contribution is -2.43. The molecule has 0 aliphatic carbocycles. The molecule has 0 spiro atoms. The number of hydrogen-bond donors (Lipinski definition) is 1. The predicted molar refractivity (Wildman–Crippen MR) is 82.6 cm³/mol. The number of hydrogen-bond acceptors (Lipinski definition) is 3. The van der Waals surface area contributed by atoms with E-state index in [0.717, 1.165) is 18.5 Å². The van der Waals surface area contributed by atoms with E-state index in [-0.39, 0.29) is 5.54 Å². The van der Waals surface area contributed by atoms with Crippen LogP contribution in [0.3, 0.4) is 0 Å². The third-order valence-electron chi connectivity index (χ3n) is 4.44. The van der Waals surface area contributed by atoms with Crippen LogP contribution in [0.2, 0.25) is 0 Å². The Morgan fingerprint density at radius 3 is 2.63 bits per heavy atom. The Morgan fingerprint density at radius 1 is 1.16 bits per heavy atom. The van der Waals surface area contributed by atoms with Crippen LogP contribution in [0.1, 0.15) is 47.0 Å². The van der Waals surface area contributed by atoms with Crippen molar-refractivity contribution in [3.63, 3.8) is 0 Å². The average molecular weight is 267 g/mol. The largest absolute Gasteiger partial charge is 0.312 e. The quantitative estimate of drug-likeness (QED) is 0.842. The second-order valence-corrected chi connectivity index (χ2v) is 7.68. The summed E-state index contributed by atoms with van der Waals surface area (Å²) in [5, 5.41) is 3.64. The van der Waals surface area contributed by atoms with Crippen molar-refractivity contribution in [3.8, 4) is 0 Å². The van der Waals surface area contributed by atoms with Gasteiger partial charge < -0.3 is 10.2 Å². The van der Waals surface area contributed by atoms with E-state index >= 15 is 0 Å². The molecular weight excluding hydrogens is 234 g/mol. The Morgan fingerprint density at radius 2 is 1.89 bits per heavy atom. The van der Waals surface area contributed by atoms with Crippen LogP contribution in [-0.2, 0) is 0 Å². The molecule has 1 N–H and O–H groups in total. The Balaban J connectivity index is 1.75. The minimum atomic E-state index is 0.245. The molecule has 3 nitrogen and oxygen atoms in total. The smallest absolute Gasteiger partial charge is 0.0223 e. The normalized spacial score (nSPS) is 28.1. The van der Waals surface area contributed by atoms with Crippen molar-refractivity contribution in [2.24, 2.45) is 5.92 Å². The van der Waals surface area contributed by atoms with Gasteiger partial charge in [-0.05, 0) is 72.1 Å². The van der Waals surface area contributed by atoms with E-state index in [1.54, 1.807) is 0 Å². The molecule has 19 heavy (non-hydrogen) atoms. The summed E-state index contributed by atoms with van der Waals surface area (Å²) < 4.78 is 0. The Kier molecular flexibility index (Phi) is 5.27. The summed E-state index contributed by atoms with van der Waals surface area (Å²) in [6.45, 7) is 16.8. The van der Waals surface area contributed by atoms with Crippen molar-refractivity contribution in [2.75, 3.05) is 39.3 Å². The standard InChI is InChI=1S/C16H33N3/c1-14(11-17-16(2,3)4)12-18-8-6-10-19-9-5-7-15(19)13-18/h14-15,17H,5-13H2,1-4H3. The van der Waals surface area contributed by atoms with Crippen molar-refractivity contribution < 1.29 is 0 Å². The minimum Gasteiger partial charge on any atom is -0.312 e. The van der Waals surface area contributed by atoms with Crippen LogP contribution in [-0.4, -0.2) is 60.6 Å². The summed E-state index contributed by atoms with van der Waals surface area (Å²) in [6.07, 6.45) is 4.20. The topological polar surface area (TPSA) is 18.5 Å². The summed E-state index contributed by atoms with van der Waals surface area (Å²) in [4.78, 5) is 5.43. The van der Waals surface area contributed by atoms with Crippen molar-refractivity contribution >= 4 is 0 Å². The Hall–Kier alpha value is -0.120. The first-order valence-corrected chi connectivity index (χ1v) is 8.15. The van der Waals surface area contributed by atoms with E-state index < -0.39 is 0 Å². The first-order chi connectivity index (χ1) is 8.94. The van der Waals surface area contributed by atoms with Gasteiger partial charge in [-0.2, -0.15) is 0 Å². The van der Waals surface area contributed by atoms with Crippen LogP contribution in [0.15, 0.2) is 0 Å². The molecule has 2 aliphatic heterocycles. The molecule has 0 aromatic heterocycles. The fraction of sp³-hybridized carbons (Fsp3) is 1.00. The molecule has 0 aromatic carbocycles. The first kappa shape index (κ1) is 15.3. The van der Waals surface area contributed by atoms with Gasteiger partial charge in [-0.25, -0.2) is 0 Å². The molecule has 0 saturated carbocycles. The number of nitrogens with one attached hydrogen (secondary N) is 1. The molecule has 2 atom stereocenters. The van der Waals surface area contributed by atoms with Crippen molar-refractivity contribution in [3.05, 3.63) is 0 Å². The summed E-state index contributed by atoms with van der Waals surface area (Å²) in [7, 11) is 0. The maximum atomic E-state index is 3.64. The second kappa shape index (κ2) is 6.55. The van der Waals surface area contributed by atoms with E-state index in [9.17, 15) is 0 Å². The third-order valence-corrected chi connectivity index (χ3v) is 4.44. The zero-order valence-electron chi connectivity index (χ0n) is 13.4. The van der Waals surface area contributed by atoms with Crippen LogP contribution in [0, 0.1) is 5.92 Å². The fourth-order valence-corrected chi connectivity index (χ4v) is 3.43. The van der Waals surface area contributed by atoms with E-state index in [4.69, 9.17) is 0 Å². The van der Waals surface area contributed by atoms with Gasteiger partial charge in [-0.3, -0.25) is 4.90 Å². The molecule has 0 radical (unpaired) electrons. The second-order valence-electron chi connectivity index (χ2n) is 7.68. The third kappa shape index (κ3) is 5.05. The number of fused-ring (bicyclic) bond motifs is 1. The summed E-state index contributed by atoms with van der Waals surface area (Å²) >= 11 is 0. The fourth-order valence-electron chi connectivity index (χ4n) is 3.43. The molecule has 3 heteroatoms. The van der Waals surface area contributed by atoms with Gasteiger partial charge in [-0.1, -0.05) is 6.92 Å². The van der Waals surface area contributed by atoms with Crippen LogP contribution in [0.5, 0.6) is 0 Å². The molecule has 2 heterocycles. The molecule has 112 valence electrons. The van der Waals surface area contributed by atoms with Crippen LogP contribution >= 0.6 is 0 Å². The Labute approximate surface area is 119 Å². The zero-order chi connectivity index (χ0) is 13.9. The minimum absolute atomic E-state index is 0.245. The molecule has 2 fully saturated rings. The maximum Gasteiger partial charge on any atom is 0.0223 e. The van der Waals surface area contributed by atoms with E-state index in [1.165, 1.54) is 52.0 Å². The predicted octanol–water partition coefficient (Wildman–Crippen LogP) is 2.18. The van der Waals surface area contributed by atoms with Crippen LogP contribution in [0.4, 0.5) is 0 Å². The lowest BCUT2D eigenvalue weighted by atomic mass is 10.1. The van der Waals surface area contributed by atoms with Gasteiger partial charge in [-0.15, -0.1) is 0 Å². The van der Waals surface area contributed by atoms with Crippen LogP contribution < -0.4 is 5.32 Å². The van der Waals surface area contributed by atoms with Gasteiger partial charge in [0, 0.05) is 24.7 Å². The number of nitrogens with zero attached hydrogens (tertiary/aromatic N) is 2. The van der Waals surface area contributed by atoms with Crippen LogP contribution in [0.25, 0.3) is 0 Å². The molecular formula is C16H33N3. The van der Waals surface area contributed by atoms with Gasteiger partial charge in [0.05, 0.1) is 0 Å². The summed E-state index contributed by atoms with van der Waals surface area (Å²) in [6, 6.07) is 0.852. The highest BCUT2D eigenvalue weighted by Crippen LogP contribution is 2.21. The van der Waals surface area contributed by atoms with E-state index in [1.807, 2.05) is 0 Å². The van der Waals surface area contributed by atoms with Gasteiger partial charge in [0.2, 0.25) is 0 Å². The molecule has 0 aromatic rings. The highest BCUT2D eigenvalue weighted by Gasteiger charge is 2.29. The van der Waals surface area contributed by atoms with Crippen molar-refractivity contribution in [2.45, 2.75) is 58.5 Å². The lowest BCUT2D eigenvalue weighted by Gasteiger charge is -2.29. The Bertz CT molecular complexity index is 272. The van der Waals surface area contributed by atoms with E-state index in [0.29, 0.717) is 0 Å². The molecule has 0 amide bonds. The van der Waals surface area contributed by atoms with Gasteiger partial charge >= 0.3 is 0 Å². The average Bonchev–Trinajstić information content (AvgIpc) is 2.65. The molecule has 0 bridgehead atoms. The zero-order valence-corrected chi connectivity index (χ0v) is 13.4. The number of rotatable bonds is 4. The summed E-state index contributed by atoms with van der Waals surface area (Å²) in [5.41, 5.74) is 0.245. The maximum absolute atomic E-state index is 3.64. The van der Waals surface area contributed by atoms with Gasteiger partial charge in [0.1, 0.15) is 0 Å². The monoisotopic (exact) mass is 267 g/mol. The van der Waals surface area contributed by atoms with Gasteiger partial charge in [0.25, 0.3) is 0 Å². The van der Waals surface area contributed by atoms with Gasteiger partial charge in [0.15, 0.2) is 0 Å². The first-order valence-electron chi connectivity index (χ1n) is 8.15. The lowest BCUT2D eigenvalue weighted by molar-refractivity contribution is 0.197. The van der Waals surface area contributed by atoms with E-state index in [2.05, 4.69) is 42.8 Å². The SMILES string of the molecule is CC(CNC(C)(C)C)CN1CCCN2CCCC2C1. The summed E-state index contributed by atoms with van der Waals surface area (Å²) in [5.74, 6) is 0.743.